The highest BCUT2D eigenvalue weighted by atomic mass is 32.2. The van der Waals surface area contributed by atoms with Crippen LogP contribution < -0.4 is 0 Å². The molecule has 1 aromatic heterocycles. The lowest BCUT2D eigenvalue weighted by Crippen LogP contribution is -2.35. The van der Waals surface area contributed by atoms with E-state index in [2.05, 4.69) is 10.2 Å². The maximum atomic E-state index is 13.5. The zero-order valence-corrected chi connectivity index (χ0v) is 15.1. The van der Waals surface area contributed by atoms with Gasteiger partial charge in [0.05, 0.1) is 34.4 Å². The average molecular weight is 397 g/mol. The number of hydrogen-bond donors (Lipinski definition) is 1. The topological polar surface area (TPSA) is 66.1 Å². The van der Waals surface area contributed by atoms with Gasteiger partial charge in [-0.3, -0.25) is 5.10 Å². The predicted octanol–water partition coefficient (Wildman–Crippen LogP) is 4.04. The molecule has 1 N–H and O–H groups in total. The first-order chi connectivity index (χ1) is 12.8. The fourth-order valence-corrected chi connectivity index (χ4v) is 6.07. The van der Waals surface area contributed by atoms with E-state index in [1.54, 1.807) is 10.5 Å². The summed E-state index contributed by atoms with van der Waals surface area (Å²) in [5.41, 5.74) is 0.921. The molecule has 0 radical (unpaired) electrons. The van der Waals surface area contributed by atoms with Crippen LogP contribution in [0, 0.1) is 11.8 Å². The highest BCUT2D eigenvalue weighted by molar-refractivity contribution is 7.89. The summed E-state index contributed by atoms with van der Waals surface area (Å²) >= 11 is 0. The summed E-state index contributed by atoms with van der Waals surface area (Å²) in [6.45, 7) is 0. The Hall–Kier alpha value is -1.87. The van der Waals surface area contributed by atoms with Gasteiger partial charge < -0.3 is 0 Å². The van der Waals surface area contributed by atoms with Crippen molar-refractivity contribution in [1.29, 1.82) is 0 Å². The lowest BCUT2D eigenvalue weighted by atomic mass is 10.1. The number of nitrogens with zero attached hydrogens (tertiary/aromatic N) is 2. The summed E-state index contributed by atoms with van der Waals surface area (Å²) in [7, 11) is -3.93. The highest BCUT2D eigenvalue weighted by Crippen LogP contribution is 2.60. The zero-order valence-electron chi connectivity index (χ0n) is 14.3. The van der Waals surface area contributed by atoms with Crippen LogP contribution in [0.15, 0.2) is 35.4 Å². The maximum absolute atomic E-state index is 13.5. The van der Waals surface area contributed by atoms with Gasteiger partial charge in [-0.25, -0.2) is 8.42 Å². The van der Waals surface area contributed by atoms with Gasteiger partial charge in [-0.2, -0.15) is 22.6 Å². The van der Waals surface area contributed by atoms with Gasteiger partial charge in [0.1, 0.15) is 0 Å². The molecule has 1 aromatic carbocycles. The smallest absolute Gasteiger partial charge is 0.281 e. The van der Waals surface area contributed by atoms with Gasteiger partial charge in [-0.05, 0) is 61.8 Å². The molecule has 2 saturated carbocycles. The average Bonchev–Trinajstić information content (AvgIpc) is 3.53. The molecule has 5 nitrogen and oxygen atoms in total. The SMILES string of the molecule is O=S(=O)(c1ccc(C(F)(F)F)cc1)N1C(C2CC2)c2cn[nH]c2C1C1CC1. The maximum Gasteiger partial charge on any atom is 0.416 e. The summed E-state index contributed by atoms with van der Waals surface area (Å²) in [6, 6.07) is 3.22. The first-order valence-corrected chi connectivity index (χ1v) is 10.5. The molecule has 5 rings (SSSR count). The van der Waals surface area contributed by atoms with Crippen molar-refractivity contribution < 1.29 is 21.6 Å². The molecule has 144 valence electrons. The Balaban J connectivity index is 1.57. The lowest BCUT2D eigenvalue weighted by molar-refractivity contribution is -0.137. The molecule has 3 aliphatic rings. The van der Waals surface area contributed by atoms with Crippen LogP contribution in [0.5, 0.6) is 0 Å². The molecular weight excluding hydrogens is 379 g/mol. The van der Waals surface area contributed by atoms with E-state index in [-0.39, 0.29) is 28.8 Å². The fourth-order valence-electron chi connectivity index (χ4n) is 4.18. The summed E-state index contributed by atoms with van der Waals surface area (Å²) in [5, 5.41) is 7.10. The Kier molecular flexibility index (Phi) is 3.56. The van der Waals surface area contributed by atoms with Gasteiger partial charge in [0, 0.05) is 5.56 Å². The Morgan fingerprint density at radius 3 is 2.15 bits per heavy atom. The van der Waals surface area contributed by atoms with Crippen molar-refractivity contribution in [3.8, 4) is 0 Å². The third-order valence-electron chi connectivity index (χ3n) is 5.76. The van der Waals surface area contributed by atoms with Crippen LogP contribution in [0.1, 0.15) is 54.6 Å². The third kappa shape index (κ3) is 2.70. The summed E-state index contributed by atoms with van der Waals surface area (Å²) < 4.78 is 67.0. The summed E-state index contributed by atoms with van der Waals surface area (Å²) in [5.74, 6) is 0.478. The molecular formula is C18H18F3N3O2S. The van der Waals surface area contributed by atoms with Gasteiger partial charge in [-0.15, -0.1) is 0 Å². The van der Waals surface area contributed by atoms with Gasteiger partial charge in [0.15, 0.2) is 0 Å². The largest absolute Gasteiger partial charge is 0.416 e. The van der Waals surface area contributed by atoms with Crippen LogP contribution in [0.3, 0.4) is 0 Å². The normalized spacial score (nSPS) is 26.3. The van der Waals surface area contributed by atoms with Crippen molar-refractivity contribution in [1.82, 2.24) is 14.5 Å². The number of nitrogens with one attached hydrogen (secondary N) is 1. The van der Waals surface area contributed by atoms with Gasteiger partial charge in [0.2, 0.25) is 10.0 Å². The minimum absolute atomic E-state index is 0.0927. The van der Waals surface area contributed by atoms with Crippen molar-refractivity contribution >= 4 is 10.0 Å². The van der Waals surface area contributed by atoms with Crippen molar-refractivity contribution in [2.45, 2.75) is 48.8 Å². The zero-order chi connectivity index (χ0) is 19.0. The van der Waals surface area contributed by atoms with E-state index < -0.39 is 21.8 Å². The van der Waals surface area contributed by atoms with Crippen molar-refractivity contribution in [2.24, 2.45) is 11.8 Å². The van der Waals surface area contributed by atoms with E-state index in [0.29, 0.717) is 0 Å². The Morgan fingerprint density at radius 1 is 1.00 bits per heavy atom. The molecule has 2 atom stereocenters. The van der Waals surface area contributed by atoms with Gasteiger partial charge >= 0.3 is 6.18 Å². The molecule has 2 unspecified atom stereocenters. The van der Waals surface area contributed by atoms with Gasteiger partial charge in [0.25, 0.3) is 0 Å². The van der Waals surface area contributed by atoms with Crippen LogP contribution >= 0.6 is 0 Å². The Labute approximate surface area is 154 Å². The van der Waals surface area contributed by atoms with E-state index in [1.807, 2.05) is 0 Å². The molecule has 0 bridgehead atoms. The molecule has 0 spiro atoms. The molecule has 2 fully saturated rings. The number of aromatic amines is 1. The van der Waals surface area contributed by atoms with Crippen molar-refractivity contribution in [2.75, 3.05) is 0 Å². The van der Waals surface area contributed by atoms with Crippen molar-refractivity contribution in [3.05, 3.63) is 47.3 Å². The monoisotopic (exact) mass is 397 g/mol. The quantitative estimate of drug-likeness (QED) is 0.847. The van der Waals surface area contributed by atoms with E-state index in [4.69, 9.17) is 0 Å². The molecule has 0 saturated heterocycles. The fraction of sp³-hybridized carbons (Fsp3) is 0.500. The van der Waals surface area contributed by atoms with Crippen LogP contribution in [-0.2, 0) is 16.2 Å². The third-order valence-corrected chi connectivity index (χ3v) is 7.63. The van der Waals surface area contributed by atoms with Crippen LogP contribution in [-0.4, -0.2) is 22.9 Å². The van der Waals surface area contributed by atoms with E-state index in [9.17, 15) is 21.6 Å². The van der Waals surface area contributed by atoms with Crippen LogP contribution in [0.4, 0.5) is 13.2 Å². The number of fused-ring (bicyclic) bond motifs is 1. The second-order valence-electron chi connectivity index (χ2n) is 7.66. The lowest BCUT2D eigenvalue weighted by Gasteiger charge is -2.30. The van der Waals surface area contributed by atoms with Crippen LogP contribution in [0.25, 0.3) is 0 Å². The highest BCUT2D eigenvalue weighted by Gasteiger charge is 2.56. The van der Waals surface area contributed by atoms with Crippen molar-refractivity contribution in [3.63, 3.8) is 0 Å². The Morgan fingerprint density at radius 2 is 1.59 bits per heavy atom. The second-order valence-corrected chi connectivity index (χ2v) is 9.50. The molecule has 27 heavy (non-hydrogen) atoms. The molecule has 1 aliphatic heterocycles. The molecule has 0 amide bonds. The molecule has 2 aliphatic carbocycles. The van der Waals surface area contributed by atoms with E-state index >= 15 is 0 Å². The number of sulfonamides is 1. The minimum atomic E-state index is -4.49. The van der Waals surface area contributed by atoms with E-state index in [1.165, 1.54) is 0 Å². The molecule has 9 heteroatoms. The number of alkyl halides is 3. The minimum Gasteiger partial charge on any atom is -0.281 e. The number of hydrogen-bond acceptors (Lipinski definition) is 3. The Bertz CT molecular complexity index is 942. The van der Waals surface area contributed by atoms with E-state index in [0.717, 1.165) is 61.2 Å². The number of benzene rings is 1. The number of aromatic nitrogens is 2. The number of H-pyrrole nitrogens is 1. The summed E-state index contributed by atoms with van der Waals surface area (Å²) in [6.07, 6.45) is 0.999. The molecule has 2 aromatic rings. The van der Waals surface area contributed by atoms with Crippen LogP contribution in [0.2, 0.25) is 0 Å². The second kappa shape index (κ2) is 5.57. The number of halogens is 3. The molecule has 2 heterocycles. The first kappa shape index (κ1) is 17.2. The summed E-state index contributed by atoms with van der Waals surface area (Å²) in [4.78, 5) is -0.0927. The predicted molar refractivity (Wildman–Crippen MR) is 90.0 cm³/mol. The first-order valence-electron chi connectivity index (χ1n) is 9.02. The van der Waals surface area contributed by atoms with Gasteiger partial charge in [-0.1, -0.05) is 0 Å². The standard InChI is InChI=1S/C18H18F3N3O2S/c19-18(20,21)12-5-7-13(8-6-12)27(25,26)24-16(10-1-2-10)14-9-22-23-15(14)17(24)11-3-4-11/h5-11,16-17H,1-4H2,(H,22,23). The number of rotatable bonds is 4.